The fraction of sp³-hybridized carbons (Fsp3) is 0. The molecule has 0 saturated carbocycles. The molecule has 3 heteroatoms. The predicted octanol–water partition coefficient (Wildman–Crippen LogP) is 4.82. The SMILES string of the molecule is O.O.[B](c1ccccc1)c1c2ccccc2c(-c2ccc3ccccc3c2)c2ccccc12. The first kappa shape index (κ1) is 22.3. The summed E-state index contributed by atoms with van der Waals surface area (Å²) in [5.74, 6) is 0. The molecule has 0 aromatic heterocycles. The van der Waals surface area contributed by atoms with Crippen molar-refractivity contribution < 1.29 is 11.0 Å². The van der Waals surface area contributed by atoms with Gasteiger partial charge < -0.3 is 11.0 Å². The van der Waals surface area contributed by atoms with Gasteiger partial charge in [0, 0.05) is 0 Å². The van der Waals surface area contributed by atoms with E-state index in [9.17, 15) is 0 Å². The van der Waals surface area contributed by atoms with E-state index in [2.05, 4.69) is 129 Å². The molecule has 0 aliphatic heterocycles. The first-order valence-electron chi connectivity index (χ1n) is 10.7. The third kappa shape index (κ3) is 3.89. The Bertz CT molecular complexity index is 1500. The van der Waals surface area contributed by atoms with Gasteiger partial charge >= 0.3 is 0 Å². The Labute approximate surface area is 194 Å². The third-order valence-electron chi connectivity index (χ3n) is 6.12. The topological polar surface area (TPSA) is 63.0 Å². The monoisotopic (exact) mass is 427 g/mol. The molecule has 159 valence electrons. The van der Waals surface area contributed by atoms with Gasteiger partial charge in [0.15, 0.2) is 7.28 Å². The maximum atomic E-state index is 2.32. The molecule has 6 aromatic rings. The van der Waals surface area contributed by atoms with Crippen LogP contribution in [0.25, 0.3) is 43.4 Å². The summed E-state index contributed by atoms with van der Waals surface area (Å²) in [4.78, 5) is 0. The van der Waals surface area contributed by atoms with Crippen LogP contribution in [-0.4, -0.2) is 18.2 Å². The number of hydrogen-bond donors (Lipinski definition) is 0. The minimum absolute atomic E-state index is 0. The van der Waals surface area contributed by atoms with Crippen molar-refractivity contribution in [1.82, 2.24) is 0 Å². The van der Waals surface area contributed by atoms with Gasteiger partial charge in [0.05, 0.1) is 0 Å². The fourth-order valence-electron chi connectivity index (χ4n) is 4.69. The van der Waals surface area contributed by atoms with Crippen LogP contribution in [0.3, 0.4) is 0 Å². The van der Waals surface area contributed by atoms with Crippen LogP contribution in [0.15, 0.2) is 121 Å². The van der Waals surface area contributed by atoms with Crippen molar-refractivity contribution in [2.24, 2.45) is 0 Å². The first-order valence-corrected chi connectivity index (χ1v) is 10.7. The Morgan fingerprint density at radius 1 is 0.424 bits per heavy atom. The fourth-order valence-corrected chi connectivity index (χ4v) is 4.69. The summed E-state index contributed by atoms with van der Waals surface area (Å²) >= 11 is 0. The summed E-state index contributed by atoms with van der Waals surface area (Å²) in [7, 11) is 2.31. The normalized spacial score (nSPS) is 10.5. The van der Waals surface area contributed by atoms with Crippen molar-refractivity contribution in [3.63, 3.8) is 0 Å². The molecule has 0 heterocycles. The first-order chi connectivity index (χ1) is 15.4. The Morgan fingerprint density at radius 2 is 0.939 bits per heavy atom. The van der Waals surface area contributed by atoms with Crippen molar-refractivity contribution in [1.29, 1.82) is 0 Å². The summed E-state index contributed by atoms with van der Waals surface area (Å²) in [6.45, 7) is 0. The molecule has 0 unspecified atom stereocenters. The molecule has 0 bridgehead atoms. The van der Waals surface area contributed by atoms with Gasteiger partial charge in [0.2, 0.25) is 0 Å². The van der Waals surface area contributed by atoms with Crippen LogP contribution in [0.1, 0.15) is 0 Å². The summed E-state index contributed by atoms with van der Waals surface area (Å²) in [6.07, 6.45) is 0. The van der Waals surface area contributed by atoms with E-state index in [0.717, 1.165) is 0 Å². The lowest BCUT2D eigenvalue weighted by Gasteiger charge is -2.17. The van der Waals surface area contributed by atoms with E-state index < -0.39 is 0 Å². The van der Waals surface area contributed by atoms with E-state index in [-0.39, 0.29) is 11.0 Å². The second kappa shape index (κ2) is 9.29. The van der Waals surface area contributed by atoms with E-state index in [1.54, 1.807) is 0 Å². The van der Waals surface area contributed by atoms with E-state index in [1.165, 1.54) is 54.4 Å². The molecule has 6 aromatic carbocycles. The maximum absolute atomic E-state index is 2.32. The zero-order valence-corrected chi connectivity index (χ0v) is 18.1. The van der Waals surface area contributed by atoms with Gasteiger partial charge in [0.1, 0.15) is 0 Å². The lowest BCUT2D eigenvalue weighted by molar-refractivity contribution is 0.823. The zero-order valence-electron chi connectivity index (χ0n) is 18.1. The summed E-state index contributed by atoms with van der Waals surface area (Å²) in [5.41, 5.74) is 5.07. The Morgan fingerprint density at radius 3 is 1.58 bits per heavy atom. The number of hydrogen-bond acceptors (Lipinski definition) is 0. The van der Waals surface area contributed by atoms with Crippen molar-refractivity contribution in [3.05, 3.63) is 121 Å². The van der Waals surface area contributed by atoms with Crippen LogP contribution < -0.4 is 10.9 Å². The molecular weight excluding hydrogens is 403 g/mol. The standard InChI is InChI=1S/C30H20B.2H2O/c1-2-12-24(13-3-1)31-30-27-16-8-6-14-25(27)29(26-15-7-9-17-28(26)30)23-19-18-21-10-4-5-11-22(21)20-23;;/h1-20H;2*1H2. The predicted molar refractivity (Wildman–Crippen MR) is 143 cm³/mol. The zero-order chi connectivity index (χ0) is 20.6. The molecule has 33 heavy (non-hydrogen) atoms. The third-order valence-corrected chi connectivity index (χ3v) is 6.12. The maximum Gasteiger partial charge on any atom is 0.193 e. The van der Waals surface area contributed by atoms with Crippen molar-refractivity contribution >= 4 is 50.5 Å². The van der Waals surface area contributed by atoms with Gasteiger partial charge in [-0.1, -0.05) is 126 Å². The van der Waals surface area contributed by atoms with Gasteiger partial charge in [-0.05, 0) is 49.5 Å². The molecule has 6 rings (SSSR count). The highest BCUT2D eigenvalue weighted by molar-refractivity contribution is 6.72. The average Bonchev–Trinajstić information content (AvgIpc) is 2.84. The molecule has 2 nitrogen and oxygen atoms in total. The van der Waals surface area contributed by atoms with Crippen LogP contribution in [0.5, 0.6) is 0 Å². The Hall–Kier alpha value is -3.92. The highest BCUT2D eigenvalue weighted by Gasteiger charge is 2.16. The van der Waals surface area contributed by atoms with Gasteiger partial charge in [-0.15, -0.1) is 0 Å². The second-order valence-corrected chi connectivity index (χ2v) is 8.00. The molecule has 0 atom stereocenters. The lowest BCUT2D eigenvalue weighted by Crippen LogP contribution is -2.28. The van der Waals surface area contributed by atoms with Gasteiger partial charge in [-0.25, -0.2) is 0 Å². The highest BCUT2D eigenvalue weighted by Crippen LogP contribution is 2.36. The van der Waals surface area contributed by atoms with E-state index >= 15 is 0 Å². The van der Waals surface area contributed by atoms with Crippen LogP contribution in [-0.2, 0) is 0 Å². The second-order valence-electron chi connectivity index (χ2n) is 8.00. The molecular formula is C30H24BO2. The molecule has 0 aliphatic rings. The molecule has 0 amide bonds. The molecule has 0 aliphatic carbocycles. The summed E-state index contributed by atoms with van der Waals surface area (Å²) in [5, 5.41) is 7.70. The van der Waals surface area contributed by atoms with Crippen LogP contribution >= 0.6 is 0 Å². The molecule has 4 N–H and O–H groups in total. The number of fused-ring (bicyclic) bond motifs is 3. The Kier molecular flexibility index (Phi) is 6.28. The van der Waals surface area contributed by atoms with Gasteiger partial charge in [-0.3, -0.25) is 0 Å². The van der Waals surface area contributed by atoms with Crippen molar-refractivity contribution in [3.8, 4) is 11.1 Å². The average molecular weight is 427 g/mol. The van der Waals surface area contributed by atoms with Crippen molar-refractivity contribution in [2.45, 2.75) is 0 Å². The number of benzene rings is 6. The summed E-state index contributed by atoms with van der Waals surface area (Å²) < 4.78 is 0. The van der Waals surface area contributed by atoms with Crippen LogP contribution in [0.2, 0.25) is 0 Å². The quantitative estimate of drug-likeness (QED) is 0.287. The van der Waals surface area contributed by atoms with Crippen LogP contribution in [0.4, 0.5) is 0 Å². The molecule has 0 saturated heterocycles. The minimum atomic E-state index is 0. The smallest absolute Gasteiger partial charge is 0.193 e. The van der Waals surface area contributed by atoms with E-state index in [1.807, 2.05) is 0 Å². The highest BCUT2D eigenvalue weighted by atomic mass is 16.0. The molecule has 0 spiro atoms. The largest absolute Gasteiger partial charge is 0.412 e. The van der Waals surface area contributed by atoms with Gasteiger partial charge in [0.25, 0.3) is 0 Å². The minimum Gasteiger partial charge on any atom is -0.412 e. The number of rotatable bonds is 3. The lowest BCUT2D eigenvalue weighted by atomic mass is 9.60. The van der Waals surface area contributed by atoms with E-state index in [0.29, 0.717) is 0 Å². The van der Waals surface area contributed by atoms with Crippen molar-refractivity contribution in [2.75, 3.05) is 0 Å². The van der Waals surface area contributed by atoms with Crippen LogP contribution in [0, 0.1) is 0 Å². The summed E-state index contributed by atoms with van der Waals surface area (Å²) in [6, 6.07) is 43.6. The van der Waals surface area contributed by atoms with Gasteiger partial charge in [-0.2, -0.15) is 0 Å². The molecule has 1 radical (unpaired) electrons. The Balaban J connectivity index is 0.00000130. The van der Waals surface area contributed by atoms with E-state index in [4.69, 9.17) is 0 Å². The molecule has 0 fully saturated rings.